The molecule has 2 aromatic carbocycles. The molecule has 1 atom stereocenters. The predicted molar refractivity (Wildman–Crippen MR) is 162 cm³/mol. The number of anilines is 1. The zero-order valence-electron chi connectivity index (χ0n) is 23.6. The number of Topliss-reactive ketones (excluding diaryl/α,β-unsaturated/α-hetero) is 1. The Hall–Kier alpha value is -4.88. The maximum Gasteiger partial charge on any atom is 0.267 e. The lowest BCUT2D eigenvalue weighted by molar-refractivity contribution is -0.119. The number of amides is 2. The molecule has 0 bridgehead atoms. The molecule has 2 heterocycles. The van der Waals surface area contributed by atoms with Gasteiger partial charge in [0.1, 0.15) is 17.6 Å². The first-order valence-corrected chi connectivity index (χ1v) is 15.2. The van der Waals surface area contributed by atoms with Crippen molar-refractivity contribution < 1.29 is 31.9 Å². The Kier molecular flexibility index (Phi) is 9.60. The van der Waals surface area contributed by atoms with E-state index in [2.05, 4.69) is 10.3 Å². The number of nitrogens with one attached hydrogen (secondary N) is 2. The highest BCUT2D eigenvalue weighted by Gasteiger charge is 2.26. The van der Waals surface area contributed by atoms with E-state index in [1.807, 2.05) is 0 Å². The number of sulfonamides is 1. The monoisotopic (exact) mass is 640 g/mol. The second-order valence-corrected chi connectivity index (χ2v) is 11.9. The maximum absolute atomic E-state index is 14.8. The van der Waals surface area contributed by atoms with Crippen LogP contribution in [0.25, 0.3) is 11.1 Å². The molecule has 0 saturated carbocycles. The molecule has 4 aromatic rings. The number of methoxy groups -OCH3 is 1. The Morgan fingerprint density at radius 1 is 1.02 bits per heavy atom. The first kappa shape index (κ1) is 32.0. The van der Waals surface area contributed by atoms with Gasteiger partial charge >= 0.3 is 0 Å². The fourth-order valence-electron chi connectivity index (χ4n) is 4.48. The summed E-state index contributed by atoms with van der Waals surface area (Å²) in [5.41, 5.74) is 0.415. The minimum Gasteiger partial charge on any atom is -0.495 e. The van der Waals surface area contributed by atoms with Crippen molar-refractivity contribution in [1.29, 1.82) is 0 Å². The van der Waals surface area contributed by atoms with Crippen molar-refractivity contribution in [3.8, 4) is 16.9 Å². The van der Waals surface area contributed by atoms with Crippen LogP contribution in [-0.4, -0.2) is 48.9 Å². The van der Waals surface area contributed by atoms with Gasteiger partial charge in [-0.3, -0.25) is 28.7 Å². The Balaban J connectivity index is 1.75. The summed E-state index contributed by atoms with van der Waals surface area (Å²) in [6, 6.07) is 11.1. The highest BCUT2D eigenvalue weighted by Crippen LogP contribution is 2.34. The molecule has 0 saturated heterocycles. The number of rotatable bonds is 10. The molecule has 2 amide bonds. The third-order valence-corrected chi connectivity index (χ3v) is 7.28. The number of ether oxygens (including phenoxy) is 1. The van der Waals surface area contributed by atoms with E-state index in [4.69, 9.17) is 16.3 Å². The molecular weight excluding hydrogens is 615 g/mol. The average Bonchev–Trinajstić information content (AvgIpc) is 2.95. The summed E-state index contributed by atoms with van der Waals surface area (Å²) in [6.45, 7) is 1.38. The topological polar surface area (TPSA) is 154 Å². The first-order valence-electron chi connectivity index (χ1n) is 12.9. The first-order chi connectivity index (χ1) is 20.8. The van der Waals surface area contributed by atoms with Gasteiger partial charge in [0.15, 0.2) is 5.78 Å². The minimum atomic E-state index is -3.93. The number of halogens is 2. The molecule has 44 heavy (non-hydrogen) atoms. The predicted octanol–water partition coefficient (Wildman–Crippen LogP) is 4.03. The van der Waals surface area contributed by atoms with Gasteiger partial charge in [0, 0.05) is 46.7 Å². The van der Waals surface area contributed by atoms with E-state index < -0.39 is 44.8 Å². The van der Waals surface area contributed by atoms with Crippen LogP contribution in [0.2, 0.25) is 5.02 Å². The number of carbonyl (C=O) groups is 3. The van der Waals surface area contributed by atoms with E-state index in [0.29, 0.717) is 21.7 Å². The fraction of sp³-hybridized carbons (Fsp3) is 0.167. The van der Waals surface area contributed by atoms with E-state index in [0.717, 1.165) is 23.0 Å². The number of carbonyl (C=O) groups excluding carboxylic acids is 3. The molecule has 2 N–H and O–H groups in total. The zero-order valence-corrected chi connectivity index (χ0v) is 25.2. The van der Waals surface area contributed by atoms with Crippen LogP contribution in [0.4, 0.5) is 10.1 Å². The number of hydrogen-bond acceptors (Lipinski definition) is 8. The zero-order chi connectivity index (χ0) is 32.2. The van der Waals surface area contributed by atoms with Gasteiger partial charge in [-0.1, -0.05) is 11.6 Å². The van der Waals surface area contributed by atoms with Gasteiger partial charge < -0.3 is 10.1 Å². The molecule has 0 radical (unpaired) electrons. The fourth-order valence-corrected chi connectivity index (χ4v) is 5.10. The van der Waals surface area contributed by atoms with Crippen LogP contribution in [0.3, 0.4) is 0 Å². The lowest BCUT2D eigenvalue weighted by Gasteiger charge is -2.22. The van der Waals surface area contributed by atoms with Gasteiger partial charge in [0.2, 0.25) is 15.9 Å². The highest BCUT2D eigenvalue weighted by atomic mass is 35.5. The normalized spacial score (nSPS) is 11.8. The Bertz CT molecular complexity index is 1930. The van der Waals surface area contributed by atoms with E-state index in [1.54, 1.807) is 29.0 Å². The summed E-state index contributed by atoms with van der Waals surface area (Å²) < 4.78 is 45.9. The molecule has 0 aliphatic rings. The largest absolute Gasteiger partial charge is 0.495 e. The van der Waals surface area contributed by atoms with Crippen LogP contribution >= 0.6 is 11.6 Å². The van der Waals surface area contributed by atoms with Gasteiger partial charge in [-0.2, -0.15) is 0 Å². The number of nitrogens with zero attached hydrogens (tertiary/aromatic N) is 2. The molecule has 0 fully saturated rings. The number of hydrogen-bond donors (Lipinski definition) is 2. The van der Waals surface area contributed by atoms with Gasteiger partial charge in [-0.15, -0.1) is 0 Å². The molecule has 0 aliphatic carbocycles. The smallest absolute Gasteiger partial charge is 0.267 e. The van der Waals surface area contributed by atoms with Crippen molar-refractivity contribution in [2.45, 2.75) is 19.4 Å². The summed E-state index contributed by atoms with van der Waals surface area (Å²) in [5, 5.41) is 2.88. The Labute approximate surface area is 256 Å². The maximum atomic E-state index is 14.8. The molecule has 4 rings (SSSR count). The van der Waals surface area contributed by atoms with Crippen molar-refractivity contribution in [3.63, 3.8) is 0 Å². The SMILES string of the molecule is COc1cn(C(Cc2ccncc2)C(=O)Nc2ccc(C(=O)NS(C)(=O)=O)c(F)c2)c(=O)cc1-c1cc(Cl)ccc1C(C)=O. The van der Waals surface area contributed by atoms with E-state index >= 15 is 0 Å². The molecule has 0 aliphatic heterocycles. The lowest BCUT2D eigenvalue weighted by atomic mass is 9.97. The lowest BCUT2D eigenvalue weighted by Crippen LogP contribution is -2.34. The number of ketones is 1. The number of benzene rings is 2. The van der Waals surface area contributed by atoms with Crippen molar-refractivity contribution in [2.24, 2.45) is 0 Å². The second kappa shape index (κ2) is 13.2. The summed E-state index contributed by atoms with van der Waals surface area (Å²) in [6.07, 6.45) is 5.15. The van der Waals surface area contributed by atoms with Crippen LogP contribution < -0.4 is 20.3 Å². The van der Waals surface area contributed by atoms with E-state index in [9.17, 15) is 32.0 Å². The van der Waals surface area contributed by atoms with Crippen molar-refractivity contribution >= 4 is 44.9 Å². The Morgan fingerprint density at radius 3 is 2.32 bits per heavy atom. The summed E-state index contributed by atoms with van der Waals surface area (Å²) >= 11 is 6.19. The van der Waals surface area contributed by atoms with Crippen LogP contribution in [0.1, 0.15) is 39.2 Å². The van der Waals surface area contributed by atoms with Gasteiger partial charge in [0.05, 0.1) is 25.1 Å². The highest BCUT2D eigenvalue weighted by molar-refractivity contribution is 7.89. The van der Waals surface area contributed by atoms with E-state index in [-0.39, 0.29) is 29.2 Å². The third kappa shape index (κ3) is 7.54. The summed E-state index contributed by atoms with van der Waals surface area (Å²) in [4.78, 5) is 55.6. The van der Waals surface area contributed by atoms with Crippen molar-refractivity contribution in [3.05, 3.63) is 111 Å². The van der Waals surface area contributed by atoms with Gasteiger partial charge in [-0.05, 0) is 66.6 Å². The quantitative estimate of drug-likeness (QED) is 0.246. The van der Waals surface area contributed by atoms with Crippen LogP contribution in [0.15, 0.2) is 78.0 Å². The molecule has 11 nitrogen and oxygen atoms in total. The molecule has 2 aromatic heterocycles. The van der Waals surface area contributed by atoms with Gasteiger partial charge in [-0.25, -0.2) is 17.5 Å². The average molecular weight is 641 g/mol. The number of aromatic nitrogens is 2. The third-order valence-electron chi connectivity index (χ3n) is 6.49. The van der Waals surface area contributed by atoms with Crippen molar-refractivity contribution in [1.82, 2.24) is 14.3 Å². The van der Waals surface area contributed by atoms with Crippen molar-refractivity contribution in [2.75, 3.05) is 18.7 Å². The molecule has 14 heteroatoms. The molecule has 228 valence electrons. The second-order valence-electron chi connectivity index (χ2n) is 9.71. The molecule has 1 unspecified atom stereocenters. The number of pyridine rings is 2. The Morgan fingerprint density at radius 2 is 1.70 bits per heavy atom. The molecule has 0 spiro atoms. The van der Waals surface area contributed by atoms with Crippen LogP contribution in [0, 0.1) is 5.82 Å². The summed E-state index contributed by atoms with van der Waals surface area (Å²) in [5.74, 6) is -3.05. The van der Waals surface area contributed by atoms with Crippen LogP contribution in [0.5, 0.6) is 5.75 Å². The molecular formula is C30H26ClFN4O7S. The van der Waals surface area contributed by atoms with Crippen LogP contribution in [-0.2, 0) is 21.2 Å². The van der Waals surface area contributed by atoms with E-state index in [1.165, 1.54) is 50.8 Å². The summed E-state index contributed by atoms with van der Waals surface area (Å²) in [7, 11) is -2.57. The minimum absolute atomic E-state index is 0.0178. The van der Waals surface area contributed by atoms with Gasteiger partial charge in [0.25, 0.3) is 11.5 Å². The standard InChI is InChI=1S/C30H26ClFN4O7S/c1-17(37)21-6-4-19(31)13-23(21)24-15-28(38)36(16-27(24)43-2)26(12-18-8-10-33-11-9-18)30(40)34-20-5-7-22(25(32)14-20)29(39)35-44(3,41)42/h4-11,13-16,26H,12H2,1-3H3,(H,34,40)(H,35,39).